The summed E-state index contributed by atoms with van der Waals surface area (Å²) in [5, 5.41) is 1.06. The Hall–Kier alpha value is -2.30. The molecular formula is C18H22N2O3. The van der Waals surface area contributed by atoms with Crippen LogP contribution in [0.3, 0.4) is 0 Å². The number of nitrogens with zero attached hydrogens (tertiary/aromatic N) is 1. The average molecular weight is 314 g/mol. The van der Waals surface area contributed by atoms with Crippen LogP contribution in [-0.2, 0) is 20.7 Å². The molecule has 0 saturated carbocycles. The number of rotatable bonds is 4. The van der Waals surface area contributed by atoms with E-state index in [4.69, 9.17) is 4.74 Å². The van der Waals surface area contributed by atoms with E-state index < -0.39 is 6.04 Å². The van der Waals surface area contributed by atoms with Gasteiger partial charge in [0.05, 0.1) is 13.0 Å². The molecule has 122 valence electrons. The summed E-state index contributed by atoms with van der Waals surface area (Å²) in [5.41, 5.74) is 2.00. The van der Waals surface area contributed by atoms with Gasteiger partial charge < -0.3 is 14.6 Å². The maximum absolute atomic E-state index is 12.7. The van der Waals surface area contributed by atoms with E-state index >= 15 is 0 Å². The summed E-state index contributed by atoms with van der Waals surface area (Å²) in [6.45, 7) is 2.77. The molecule has 23 heavy (non-hydrogen) atoms. The van der Waals surface area contributed by atoms with E-state index in [0.717, 1.165) is 29.3 Å². The number of piperidine rings is 1. The van der Waals surface area contributed by atoms with E-state index in [2.05, 4.69) is 4.98 Å². The number of hydrogen-bond acceptors (Lipinski definition) is 3. The quantitative estimate of drug-likeness (QED) is 0.883. The molecule has 5 heteroatoms. The number of nitrogens with one attached hydrogen (secondary N) is 1. The molecule has 1 unspecified atom stereocenters. The first-order valence-corrected chi connectivity index (χ1v) is 8.21. The number of para-hydroxylation sites is 1. The van der Waals surface area contributed by atoms with Crippen molar-refractivity contribution in [1.29, 1.82) is 0 Å². The summed E-state index contributed by atoms with van der Waals surface area (Å²) in [4.78, 5) is 29.7. The summed E-state index contributed by atoms with van der Waals surface area (Å²) in [6, 6.07) is 7.50. The first-order valence-electron chi connectivity index (χ1n) is 8.21. The Labute approximate surface area is 135 Å². The van der Waals surface area contributed by atoms with Crippen LogP contribution in [0, 0.1) is 0 Å². The summed E-state index contributed by atoms with van der Waals surface area (Å²) >= 11 is 0. The van der Waals surface area contributed by atoms with Crippen LogP contribution >= 0.6 is 0 Å². The van der Waals surface area contributed by atoms with Gasteiger partial charge in [-0.25, -0.2) is 4.79 Å². The molecule has 0 aliphatic carbocycles. The zero-order chi connectivity index (χ0) is 16.2. The summed E-state index contributed by atoms with van der Waals surface area (Å²) < 4.78 is 5.13. The minimum atomic E-state index is -0.429. The lowest BCUT2D eigenvalue weighted by Crippen LogP contribution is -2.49. The van der Waals surface area contributed by atoms with Crippen LogP contribution in [0.5, 0.6) is 0 Å². The van der Waals surface area contributed by atoms with E-state index in [1.54, 1.807) is 11.8 Å². The van der Waals surface area contributed by atoms with Crippen LogP contribution in [0.1, 0.15) is 31.7 Å². The number of ether oxygens (including phenoxy) is 1. The topological polar surface area (TPSA) is 62.4 Å². The van der Waals surface area contributed by atoms with Crippen LogP contribution in [0.2, 0.25) is 0 Å². The smallest absolute Gasteiger partial charge is 0.328 e. The first-order chi connectivity index (χ1) is 11.2. The Kier molecular flexibility index (Phi) is 4.65. The van der Waals surface area contributed by atoms with Crippen LogP contribution in [0.25, 0.3) is 10.9 Å². The third kappa shape index (κ3) is 3.23. The average Bonchev–Trinajstić information content (AvgIpc) is 2.98. The molecule has 0 bridgehead atoms. The molecule has 1 N–H and O–H groups in total. The number of aromatic amines is 1. The third-order valence-corrected chi connectivity index (χ3v) is 4.40. The van der Waals surface area contributed by atoms with Crippen molar-refractivity contribution < 1.29 is 14.3 Å². The standard InChI is InChI=1S/C18H22N2O3/c1-2-23-18(22)16-9-5-6-10-20(16)17(21)11-13-12-19-15-8-4-3-7-14(13)15/h3-4,7-8,12,16,19H,2,5-6,9-11H2,1H3. The third-order valence-electron chi connectivity index (χ3n) is 4.40. The van der Waals surface area contributed by atoms with Gasteiger partial charge in [0.15, 0.2) is 0 Å². The predicted octanol–water partition coefficient (Wildman–Crippen LogP) is 2.65. The van der Waals surface area contributed by atoms with Gasteiger partial charge in [0.1, 0.15) is 6.04 Å². The molecule has 1 aromatic carbocycles. The van der Waals surface area contributed by atoms with Gasteiger partial charge in [0.2, 0.25) is 5.91 Å². The molecule has 1 aliphatic rings. The molecule has 2 heterocycles. The lowest BCUT2D eigenvalue weighted by atomic mass is 10.0. The highest BCUT2D eigenvalue weighted by atomic mass is 16.5. The van der Waals surface area contributed by atoms with Crippen molar-refractivity contribution in [3.05, 3.63) is 36.0 Å². The Morgan fingerprint density at radius 1 is 1.30 bits per heavy atom. The molecule has 2 aromatic rings. The van der Waals surface area contributed by atoms with Crippen LogP contribution in [0.4, 0.5) is 0 Å². The molecule has 0 spiro atoms. The van der Waals surface area contributed by atoms with Crippen molar-refractivity contribution in [3.8, 4) is 0 Å². The minimum absolute atomic E-state index is 0.00694. The Bertz CT molecular complexity index is 707. The van der Waals surface area contributed by atoms with Gasteiger partial charge in [0, 0.05) is 23.6 Å². The zero-order valence-corrected chi connectivity index (χ0v) is 13.4. The zero-order valence-electron chi connectivity index (χ0n) is 13.4. The number of carbonyl (C=O) groups is 2. The van der Waals surface area contributed by atoms with Gasteiger partial charge >= 0.3 is 5.97 Å². The molecule has 3 rings (SSSR count). The van der Waals surface area contributed by atoms with Crippen LogP contribution < -0.4 is 0 Å². The number of benzene rings is 1. The SMILES string of the molecule is CCOC(=O)C1CCCCN1C(=O)Cc1c[nH]c2ccccc12. The number of hydrogen-bond donors (Lipinski definition) is 1. The molecule has 1 amide bonds. The van der Waals surface area contributed by atoms with Crippen molar-refractivity contribution in [2.45, 2.75) is 38.6 Å². The van der Waals surface area contributed by atoms with Gasteiger partial charge in [-0.05, 0) is 37.8 Å². The van der Waals surface area contributed by atoms with Gasteiger partial charge in [-0.2, -0.15) is 0 Å². The number of carbonyl (C=O) groups excluding carboxylic acids is 2. The van der Waals surface area contributed by atoms with Gasteiger partial charge in [-0.3, -0.25) is 4.79 Å². The molecule has 1 aromatic heterocycles. The summed E-state index contributed by atoms with van der Waals surface area (Å²) in [6.07, 6.45) is 4.78. The Morgan fingerprint density at radius 2 is 2.13 bits per heavy atom. The number of amides is 1. The van der Waals surface area contributed by atoms with E-state index in [-0.39, 0.29) is 11.9 Å². The normalized spacial score (nSPS) is 18.1. The van der Waals surface area contributed by atoms with E-state index in [9.17, 15) is 9.59 Å². The maximum Gasteiger partial charge on any atom is 0.328 e. The Morgan fingerprint density at radius 3 is 2.96 bits per heavy atom. The maximum atomic E-state index is 12.7. The van der Waals surface area contributed by atoms with E-state index in [1.165, 1.54) is 0 Å². The van der Waals surface area contributed by atoms with Gasteiger partial charge in [-0.15, -0.1) is 0 Å². The largest absolute Gasteiger partial charge is 0.464 e. The van der Waals surface area contributed by atoms with Crippen molar-refractivity contribution in [2.75, 3.05) is 13.2 Å². The van der Waals surface area contributed by atoms with Gasteiger partial charge in [0.25, 0.3) is 0 Å². The molecule has 1 atom stereocenters. The lowest BCUT2D eigenvalue weighted by Gasteiger charge is -2.34. The van der Waals surface area contributed by atoms with Crippen molar-refractivity contribution in [1.82, 2.24) is 9.88 Å². The van der Waals surface area contributed by atoms with Crippen LogP contribution in [0.15, 0.2) is 30.5 Å². The van der Waals surface area contributed by atoms with Crippen molar-refractivity contribution in [2.24, 2.45) is 0 Å². The fraction of sp³-hybridized carbons (Fsp3) is 0.444. The highest BCUT2D eigenvalue weighted by molar-refractivity contribution is 5.91. The molecule has 0 radical (unpaired) electrons. The molecule has 5 nitrogen and oxygen atoms in total. The fourth-order valence-corrected chi connectivity index (χ4v) is 3.26. The number of H-pyrrole nitrogens is 1. The lowest BCUT2D eigenvalue weighted by molar-refractivity contribution is -0.156. The second kappa shape index (κ2) is 6.86. The fourth-order valence-electron chi connectivity index (χ4n) is 3.26. The van der Waals surface area contributed by atoms with Crippen molar-refractivity contribution >= 4 is 22.8 Å². The molecule has 1 fully saturated rings. The minimum Gasteiger partial charge on any atom is -0.464 e. The number of likely N-dealkylation sites (tertiary alicyclic amines) is 1. The van der Waals surface area contributed by atoms with Crippen LogP contribution in [-0.4, -0.2) is 41.0 Å². The Balaban J connectivity index is 1.76. The first kappa shape index (κ1) is 15.6. The molecular weight excluding hydrogens is 292 g/mol. The highest BCUT2D eigenvalue weighted by Crippen LogP contribution is 2.22. The van der Waals surface area contributed by atoms with Crippen molar-refractivity contribution in [3.63, 3.8) is 0 Å². The monoisotopic (exact) mass is 314 g/mol. The van der Waals surface area contributed by atoms with E-state index in [1.807, 2.05) is 30.5 Å². The van der Waals surface area contributed by atoms with Gasteiger partial charge in [-0.1, -0.05) is 18.2 Å². The predicted molar refractivity (Wildman–Crippen MR) is 88.0 cm³/mol. The number of fused-ring (bicyclic) bond motifs is 1. The van der Waals surface area contributed by atoms with E-state index in [0.29, 0.717) is 26.0 Å². The molecule has 1 saturated heterocycles. The number of esters is 1. The highest BCUT2D eigenvalue weighted by Gasteiger charge is 2.33. The second-order valence-electron chi connectivity index (χ2n) is 5.89. The molecule has 1 aliphatic heterocycles. The summed E-state index contributed by atoms with van der Waals surface area (Å²) in [7, 11) is 0. The number of aromatic nitrogens is 1. The summed E-state index contributed by atoms with van der Waals surface area (Å²) in [5.74, 6) is -0.285. The second-order valence-corrected chi connectivity index (χ2v) is 5.89.